The Morgan fingerprint density at radius 3 is 2.75 bits per heavy atom. The van der Waals surface area contributed by atoms with Crippen LogP contribution in [0, 0.1) is 0 Å². The van der Waals surface area contributed by atoms with Gasteiger partial charge >= 0.3 is 0 Å². The lowest BCUT2D eigenvalue weighted by atomic mass is 10.1. The smallest absolute Gasteiger partial charge is 0.126 e. The molecular formula is C12H18ClN3. The summed E-state index contributed by atoms with van der Waals surface area (Å²) in [5.74, 6) is 0.886. The first-order chi connectivity index (χ1) is 7.79. The topological polar surface area (TPSA) is 28.2 Å². The molecule has 1 aromatic rings. The standard InChI is InChI=1S/C12H18ClN3/c1-14-12-6-5-10(13)11(15-12)9-16-7-3-2-4-8-16/h5-6H,2-4,7-9H2,1H3,(H,14,15). The third-order valence-corrected chi connectivity index (χ3v) is 3.34. The molecule has 1 N–H and O–H groups in total. The number of halogens is 1. The van der Waals surface area contributed by atoms with Crippen LogP contribution in [0.15, 0.2) is 12.1 Å². The van der Waals surface area contributed by atoms with Gasteiger partial charge in [-0.05, 0) is 38.1 Å². The van der Waals surface area contributed by atoms with Crippen LogP contribution in [-0.2, 0) is 6.54 Å². The van der Waals surface area contributed by atoms with Crippen LogP contribution in [0.2, 0.25) is 5.02 Å². The molecule has 0 bridgehead atoms. The minimum atomic E-state index is 0.768. The minimum absolute atomic E-state index is 0.768. The fraction of sp³-hybridized carbons (Fsp3) is 0.583. The number of nitrogens with zero attached hydrogens (tertiary/aromatic N) is 2. The van der Waals surface area contributed by atoms with Crippen LogP contribution in [0.25, 0.3) is 0 Å². The predicted octanol–water partition coefficient (Wildman–Crippen LogP) is 2.76. The van der Waals surface area contributed by atoms with E-state index in [1.165, 1.54) is 32.4 Å². The van der Waals surface area contributed by atoms with Crippen molar-refractivity contribution < 1.29 is 0 Å². The van der Waals surface area contributed by atoms with E-state index in [1.54, 1.807) is 0 Å². The Kier molecular flexibility index (Phi) is 4.02. The second kappa shape index (κ2) is 5.51. The number of likely N-dealkylation sites (tertiary alicyclic amines) is 1. The highest BCUT2D eigenvalue weighted by Gasteiger charge is 2.13. The molecule has 16 heavy (non-hydrogen) atoms. The van der Waals surface area contributed by atoms with Crippen molar-refractivity contribution in [2.45, 2.75) is 25.8 Å². The molecule has 1 aliphatic rings. The number of nitrogens with one attached hydrogen (secondary N) is 1. The SMILES string of the molecule is CNc1ccc(Cl)c(CN2CCCCC2)n1. The van der Waals surface area contributed by atoms with Crippen molar-refractivity contribution in [3.05, 3.63) is 22.8 Å². The second-order valence-electron chi connectivity index (χ2n) is 4.21. The maximum Gasteiger partial charge on any atom is 0.126 e. The van der Waals surface area contributed by atoms with Gasteiger partial charge in [0.2, 0.25) is 0 Å². The highest BCUT2D eigenvalue weighted by atomic mass is 35.5. The van der Waals surface area contributed by atoms with E-state index >= 15 is 0 Å². The zero-order valence-corrected chi connectivity index (χ0v) is 10.4. The molecule has 2 rings (SSSR count). The van der Waals surface area contributed by atoms with Gasteiger partial charge in [0.25, 0.3) is 0 Å². The van der Waals surface area contributed by atoms with Crippen molar-refractivity contribution in [3.8, 4) is 0 Å². The average Bonchev–Trinajstić information content (AvgIpc) is 2.33. The molecule has 0 aliphatic carbocycles. The molecule has 0 unspecified atom stereocenters. The molecule has 3 nitrogen and oxygen atoms in total. The molecule has 88 valence electrons. The Morgan fingerprint density at radius 1 is 1.31 bits per heavy atom. The van der Waals surface area contributed by atoms with E-state index in [0.29, 0.717) is 0 Å². The van der Waals surface area contributed by atoms with Gasteiger partial charge < -0.3 is 5.32 Å². The quantitative estimate of drug-likeness (QED) is 0.879. The van der Waals surface area contributed by atoms with Crippen LogP contribution in [0.4, 0.5) is 5.82 Å². The van der Waals surface area contributed by atoms with Gasteiger partial charge in [0, 0.05) is 13.6 Å². The zero-order chi connectivity index (χ0) is 11.4. The van der Waals surface area contributed by atoms with E-state index in [4.69, 9.17) is 11.6 Å². The fourth-order valence-electron chi connectivity index (χ4n) is 2.06. The largest absolute Gasteiger partial charge is 0.373 e. The molecular weight excluding hydrogens is 222 g/mol. The van der Waals surface area contributed by atoms with Crippen molar-refractivity contribution in [3.63, 3.8) is 0 Å². The monoisotopic (exact) mass is 239 g/mol. The molecule has 4 heteroatoms. The molecule has 2 heterocycles. The number of hydrogen-bond donors (Lipinski definition) is 1. The first-order valence-electron chi connectivity index (χ1n) is 5.85. The van der Waals surface area contributed by atoms with Gasteiger partial charge in [-0.3, -0.25) is 4.90 Å². The van der Waals surface area contributed by atoms with Crippen molar-refractivity contribution >= 4 is 17.4 Å². The van der Waals surface area contributed by atoms with E-state index in [0.717, 1.165) is 23.1 Å². The summed E-state index contributed by atoms with van der Waals surface area (Å²) in [5.41, 5.74) is 0.982. The summed E-state index contributed by atoms with van der Waals surface area (Å²) in [7, 11) is 1.88. The van der Waals surface area contributed by atoms with Crippen molar-refractivity contribution in [1.29, 1.82) is 0 Å². The Labute approximate surface area is 102 Å². The van der Waals surface area contributed by atoms with Crippen LogP contribution in [0.3, 0.4) is 0 Å². The van der Waals surface area contributed by atoms with E-state index < -0.39 is 0 Å². The van der Waals surface area contributed by atoms with Crippen LogP contribution in [0.5, 0.6) is 0 Å². The van der Waals surface area contributed by atoms with Gasteiger partial charge in [-0.1, -0.05) is 18.0 Å². The molecule has 0 spiro atoms. The van der Waals surface area contributed by atoms with Gasteiger partial charge in [0.1, 0.15) is 5.82 Å². The molecule has 0 amide bonds. The minimum Gasteiger partial charge on any atom is -0.373 e. The lowest BCUT2D eigenvalue weighted by molar-refractivity contribution is 0.218. The Balaban J connectivity index is 2.06. The number of rotatable bonds is 3. The number of aromatic nitrogens is 1. The third kappa shape index (κ3) is 2.86. The van der Waals surface area contributed by atoms with Crippen LogP contribution >= 0.6 is 11.6 Å². The van der Waals surface area contributed by atoms with Crippen molar-refractivity contribution in [1.82, 2.24) is 9.88 Å². The maximum atomic E-state index is 6.16. The number of hydrogen-bond acceptors (Lipinski definition) is 3. The Bertz CT molecular complexity index is 348. The predicted molar refractivity (Wildman–Crippen MR) is 67.9 cm³/mol. The zero-order valence-electron chi connectivity index (χ0n) is 9.67. The molecule has 1 aromatic heterocycles. The summed E-state index contributed by atoms with van der Waals surface area (Å²) in [6.07, 6.45) is 3.95. The lowest BCUT2D eigenvalue weighted by Gasteiger charge is -2.26. The summed E-state index contributed by atoms with van der Waals surface area (Å²) < 4.78 is 0. The fourth-order valence-corrected chi connectivity index (χ4v) is 2.23. The molecule has 1 saturated heterocycles. The maximum absolute atomic E-state index is 6.16. The number of anilines is 1. The van der Waals surface area contributed by atoms with Crippen LogP contribution < -0.4 is 5.32 Å². The van der Waals surface area contributed by atoms with Crippen molar-refractivity contribution in [2.75, 3.05) is 25.5 Å². The van der Waals surface area contributed by atoms with Crippen LogP contribution in [-0.4, -0.2) is 30.0 Å². The summed E-state index contributed by atoms with van der Waals surface area (Å²) in [6.45, 7) is 3.21. The Morgan fingerprint density at radius 2 is 2.06 bits per heavy atom. The number of piperidine rings is 1. The Hall–Kier alpha value is -0.800. The molecule has 0 aromatic carbocycles. The summed E-state index contributed by atoms with van der Waals surface area (Å²) in [5, 5.41) is 3.81. The molecule has 1 fully saturated rings. The van der Waals surface area contributed by atoms with Gasteiger partial charge in [-0.15, -0.1) is 0 Å². The molecule has 0 atom stereocenters. The normalized spacial score (nSPS) is 17.4. The lowest BCUT2D eigenvalue weighted by Crippen LogP contribution is -2.29. The third-order valence-electron chi connectivity index (χ3n) is 3.00. The van der Waals surface area contributed by atoms with E-state index in [-0.39, 0.29) is 0 Å². The van der Waals surface area contributed by atoms with E-state index in [1.807, 2.05) is 19.2 Å². The van der Waals surface area contributed by atoms with Gasteiger partial charge in [0.15, 0.2) is 0 Å². The van der Waals surface area contributed by atoms with E-state index in [2.05, 4.69) is 15.2 Å². The van der Waals surface area contributed by atoms with Crippen LogP contribution in [0.1, 0.15) is 25.0 Å². The van der Waals surface area contributed by atoms with E-state index in [9.17, 15) is 0 Å². The van der Waals surface area contributed by atoms with Gasteiger partial charge in [-0.25, -0.2) is 4.98 Å². The second-order valence-corrected chi connectivity index (χ2v) is 4.62. The van der Waals surface area contributed by atoms with Gasteiger partial charge in [0.05, 0.1) is 10.7 Å². The van der Waals surface area contributed by atoms with Gasteiger partial charge in [-0.2, -0.15) is 0 Å². The average molecular weight is 240 g/mol. The first kappa shape index (κ1) is 11.7. The summed E-state index contributed by atoms with van der Waals surface area (Å²) in [6, 6.07) is 3.82. The van der Waals surface area contributed by atoms with Crippen molar-refractivity contribution in [2.24, 2.45) is 0 Å². The highest BCUT2D eigenvalue weighted by Crippen LogP contribution is 2.20. The molecule has 0 radical (unpaired) electrons. The summed E-state index contributed by atoms with van der Waals surface area (Å²) in [4.78, 5) is 6.93. The molecule has 0 saturated carbocycles. The molecule has 1 aliphatic heterocycles. The number of pyridine rings is 1. The summed E-state index contributed by atoms with van der Waals surface area (Å²) >= 11 is 6.16. The highest BCUT2D eigenvalue weighted by molar-refractivity contribution is 6.31. The first-order valence-corrected chi connectivity index (χ1v) is 6.23.